The lowest BCUT2D eigenvalue weighted by atomic mass is 10.1. The van der Waals surface area contributed by atoms with E-state index in [4.69, 9.17) is 0 Å². The van der Waals surface area contributed by atoms with Gasteiger partial charge in [-0.15, -0.1) is 0 Å². The Hall–Kier alpha value is -0.560. The predicted molar refractivity (Wildman–Crippen MR) is 60.9 cm³/mol. The van der Waals surface area contributed by atoms with Gasteiger partial charge in [0, 0.05) is 11.5 Å². The van der Waals surface area contributed by atoms with Gasteiger partial charge in [-0.1, -0.05) is 15.9 Å². The lowest BCUT2D eigenvalue weighted by Gasteiger charge is -2.12. The fraction of sp³-hybridized carbons (Fsp3) is 0.333. The number of nitrogens with zero attached hydrogens (tertiary/aromatic N) is 1. The van der Waals surface area contributed by atoms with Gasteiger partial charge in [0.25, 0.3) is 6.43 Å². The maximum atomic E-state index is 12.9. The van der Waals surface area contributed by atoms with Crippen molar-refractivity contribution in [1.29, 1.82) is 0 Å². The van der Waals surface area contributed by atoms with E-state index in [2.05, 4.69) is 41.6 Å². The zero-order chi connectivity index (χ0) is 12.3. The molecule has 16 heavy (non-hydrogen) atoms. The van der Waals surface area contributed by atoms with Gasteiger partial charge in [0.1, 0.15) is 0 Å². The summed E-state index contributed by atoms with van der Waals surface area (Å²) in [6.07, 6.45) is -1.49. The minimum absolute atomic E-state index is 0.124. The van der Waals surface area contributed by atoms with Crippen LogP contribution in [0.3, 0.4) is 0 Å². The molecular weight excluding hydrogens is 352 g/mol. The Morgan fingerprint density at radius 2 is 2.25 bits per heavy atom. The lowest BCUT2D eigenvalue weighted by Crippen LogP contribution is -2.11. The van der Waals surface area contributed by atoms with Gasteiger partial charge in [0.2, 0.25) is 0 Å². The van der Waals surface area contributed by atoms with E-state index in [0.29, 0.717) is 0 Å². The van der Waals surface area contributed by atoms with Crippen LogP contribution < -0.4 is 0 Å². The molecule has 0 aliphatic heterocycles. The molecular formula is C9H7Br2F2NO2. The van der Waals surface area contributed by atoms with Crippen molar-refractivity contribution in [3.05, 3.63) is 27.5 Å². The summed E-state index contributed by atoms with van der Waals surface area (Å²) in [5, 5.41) is 0.143. The van der Waals surface area contributed by atoms with Crippen LogP contribution in [0.5, 0.6) is 0 Å². The molecule has 3 nitrogen and oxygen atoms in total. The van der Waals surface area contributed by atoms with Crippen molar-refractivity contribution in [3.63, 3.8) is 0 Å². The SMILES string of the molecule is COC(=O)c1c(Br)cnc(CBr)c1C(F)F. The standard InChI is InChI=1S/C9H7Br2F2NO2/c1-16-9(15)6-4(11)3-14-5(2-10)7(6)8(12)13/h3,8H,2H2,1H3. The Bertz CT molecular complexity index is 413. The smallest absolute Gasteiger partial charge is 0.339 e. The second kappa shape index (κ2) is 5.67. The Balaban J connectivity index is 3.48. The van der Waals surface area contributed by atoms with Gasteiger partial charge in [0.15, 0.2) is 0 Å². The molecule has 0 aromatic carbocycles. The second-order valence-corrected chi connectivity index (χ2v) is 4.18. The van der Waals surface area contributed by atoms with Crippen molar-refractivity contribution in [2.75, 3.05) is 7.11 Å². The molecule has 0 amide bonds. The number of ether oxygens (including phenoxy) is 1. The van der Waals surface area contributed by atoms with Gasteiger partial charge < -0.3 is 4.74 Å². The minimum atomic E-state index is -2.79. The van der Waals surface area contributed by atoms with Gasteiger partial charge in [0.05, 0.1) is 28.4 Å². The maximum absolute atomic E-state index is 12.9. The molecule has 0 atom stereocenters. The lowest BCUT2D eigenvalue weighted by molar-refractivity contribution is 0.0587. The first kappa shape index (κ1) is 13.5. The van der Waals surface area contributed by atoms with Crippen molar-refractivity contribution in [2.24, 2.45) is 0 Å². The van der Waals surface area contributed by atoms with Crippen LogP contribution in [0.4, 0.5) is 8.78 Å². The topological polar surface area (TPSA) is 39.2 Å². The number of hydrogen-bond donors (Lipinski definition) is 0. The first-order valence-electron chi connectivity index (χ1n) is 4.12. The fourth-order valence-electron chi connectivity index (χ4n) is 1.19. The normalized spacial score (nSPS) is 10.6. The zero-order valence-corrected chi connectivity index (χ0v) is 11.3. The van der Waals surface area contributed by atoms with E-state index in [1.54, 1.807) is 0 Å². The molecule has 0 saturated heterocycles. The number of carbonyl (C=O) groups excluding carboxylic acids is 1. The summed E-state index contributed by atoms with van der Waals surface area (Å²) in [5.74, 6) is -0.813. The molecule has 1 aromatic heterocycles. The maximum Gasteiger partial charge on any atom is 0.339 e. The highest BCUT2D eigenvalue weighted by molar-refractivity contribution is 9.10. The molecule has 0 unspecified atom stereocenters. The highest BCUT2D eigenvalue weighted by atomic mass is 79.9. The number of alkyl halides is 3. The van der Waals surface area contributed by atoms with Crippen LogP contribution in [0.2, 0.25) is 0 Å². The summed E-state index contributed by atoms with van der Waals surface area (Å²) in [5.41, 5.74) is -0.460. The largest absolute Gasteiger partial charge is 0.465 e. The second-order valence-electron chi connectivity index (χ2n) is 2.77. The van der Waals surface area contributed by atoms with E-state index in [-0.39, 0.29) is 21.1 Å². The third-order valence-corrected chi connectivity index (χ3v) is 3.02. The van der Waals surface area contributed by atoms with Crippen molar-refractivity contribution < 1.29 is 18.3 Å². The van der Waals surface area contributed by atoms with Crippen LogP contribution in [-0.2, 0) is 10.1 Å². The summed E-state index contributed by atoms with van der Waals surface area (Å²) >= 11 is 6.05. The van der Waals surface area contributed by atoms with E-state index >= 15 is 0 Å². The summed E-state index contributed by atoms with van der Waals surface area (Å²) in [7, 11) is 1.14. The Morgan fingerprint density at radius 1 is 1.62 bits per heavy atom. The number of esters is 1. The number of rotatable bonds is 3. The third kappa shape index (κ3) is 2.57. The third-order valence-electron chi connectivity index (χ3n) is 1.89. The first-order valence-corrected chi connectivity index (χ1v) is 6.04. The molecule has 1 rings (SSSR count). The molecule has 0 spiro atoms. The van der Waals surface area contributed by atoms with Gasteiger partial charge in [-0.25, -0.2) is 13.6 Å². The van der Waals surface area contributed by atoms with Crippen molar-refractivity contribution >= 4 is 37.8 Å². The number of carbonyl (C=O) groups is 1. The average molecular weight is 359 g/mol. The van der Waals surface area contributed by atoms with E-state index in [0.717, 1.165) is 7.11 Å². The van der Waals surface area contributed by atoms with Crippen molar-refractivity contribution in [2.45, 2.75) is 11.8 Å². The van der Waals surface area contributed by atoms with E-state index < -0.39 is 18.0 Å². The van der Waals surface area contributed by atoms with Crippen LogP contribution in [0.1, 0.15) is 28.0 Å². The minimum Gasteiger partial charge on any atom is -0.465 e. The van der Waals surface area contributed by atoms with E-state index in [1.165, 1.54) is 6.20 Å². The van der Waals surface area contributed by atoms with E-state index in [1.807, 2.05) is 0 Å². The molecule has 7 heteroatoms. The van der Waals surface area contributed by atoms with Gasteiger partial charge in [-0.3, -0.25) is 4.98 Å². The van der Waals surface area contributed by atoms with E-state index in [9.17, 15) is 13.6 Å². The van der Waals surface area contributed by atoms with Crippen LogP contribution in [0.25, 0.3) is 0 Å². The number of methoxy groups -OCH3 is 1. The number of aromatic nitrogens is 1. The van der Waals surface area contributed by atoms with Gasteiger partial charge in [-0.2, -0.15) is 0 Å². The Morgan fingerprint density at radius 3 is 2.69 bits per heavy atom. The summed E-state index contributed by atoms with van der Waals surface area (Å²) < 4.78 is 30.4. The molecule has 1 heterocycles. The van der Waals surface area contributed by atoms with Crippen LogP contribution >= 0.6 is 31.9 Å². The molecule has 0 saturated carbocycles. The average Bonchev–Trinajstić information content (AvgIpc) is 2.27. The van der Waals surface area contributed by atoms with Crippen molar-refractivity contribution in [3.8, 4) is 0 Å². The number of hydrogen-bond acceptors (Lipinski definition) is 3. The zero-order valence-electron chi connectivity index (χ0n) is 8.14. The molecule has 1 aromatic rings. The Kier molecular flexibility index (Phi) is 4.79. The van der Waals surface area contributed by atoms with Crippen LogP contribution in [-0.4, -0.2) is 18.1 Å². The van der Waals surface area contributed by atoms with Crippen LogP contribution in [0, 0.1) is 0 Å². The van der Waals surface area contributed by atoms with Crippen molar-refractivity contribution in [1.82, 2.24) is 4.98 Å². The monoisotopic (exact) mass is 357 g/mol. The summed E-state index contributed by atoms with van der Waals surface area (Å²) in [4.78, 5) is 15.2. The number of halogens is 4. The first-order chi connectivity index (χ1) is 7.52. The highest BCUT2D eigenvalue weighted by Crippen LogP contribution is 2.31. The van der Waals surface area contributed by atoms with Gasteiger partial charge in [-0.05, 0) is 15.9 Å². The molecule has 0 bridgehead atoms. The van der Waals surface area contributed by atoms with Crippen LogP contribution in [0.15, 0.2) is 10.7 Å². The molecule has 0 aliphatic carbocycles. The molecule has 0 aliphatic rings. The summed E-state index contributed by atoms with van der Waals surface area (Å²) in [6.45, 7) is 0. The number of pyridine rings is 1. The molecule has 0 radical (unpaired) electrons. The Labute approximate surface area is 107 Å². The summed E-state index contributed by atoms with van der Waals surface area (Å²) in [6, 6.07) is 0. The fourth-order valence-corrected chi connectivity index (χ4v) is 2.12. The van der Waals surface area contributed by atoms with Gasteiger partial charge >= 0.3 is 5.97 Å². The predicted octanol–water partition coefficient (Wildman–Crippen LogP) is 3.46. The molecule has 88 valence electrons. The highest BCUT2D eigenvalue weighted by Gasteiger charge is 2.25. The molecule has 0 fully saturated rings. The molecule has 0 N–H and O–H groups in total. The quantitative estimate of drug-likeness (QED) is 0.613.